The molecule has 0 radical (unpaired) electrons. The van der Waals surface area contributed by atoms with Gasteiger partial charge in [-0.15, -0.1) is 0 Å². The average molecular weight is 295 g/mol. The van der Waals surface area contributed by atoms with Crippen molar-refractivity contribution in [2.45, 2.75) is 9.79 Å². The fraction of sp³-hybridized carbons (Fsp3) is 0.400. The Balaban J connectivity index is 2.42. The van der Waals surface area contributed by atoms with Crippen molar-refractivity contribution in [1.29, 1.82) is 0 Å². The molecule has 4 heteroatoms. The highest BCUT2D eigenvalue weighted by molar-refractivity contribution is 8.38. The van der Waals surface area contributed by atoms with E-state index in [0.29, 0.717) is 0 Å². The van der Waals surface area contributed by atoms with Gasteiger partial charge >= 0.3 is 0 Å². The van der Waals surface area contributed by atoms with Gasteiger partial charge in [-0.25, -0.2) is 20.1 Å². The monoisotopic (exact) mass is 295 g/mol. The Kier molecular flexibility index (Phi) is 2.81. The van der Waals surface area contributed by atoms with Gasteiger partial charge in [0.2, 0.25) is 0 Å². The minimum absolute atomic E-state index is 0.0360. The second kappa shape index (κ2) is 4.06. The molecule has 1 aliphatic heterocycles. The lowest BCUT2D eigenvalue weighted by molar-refractivity contribution is 1.18. The van der Waals surface area contributed by atoms with Gasteiger partial charge in [-0.1, -0.05) is 0 Å². The largest absolute Gasteiger partial charge is 0.329 e. The molecule has 0 bridgehead atoms. The lowest BCUT2D eigenvalue weighted by Gasteiger charge is -2.48. The van der Waals surface area contributed by atoms with E-state index < -0.39 is 20.1 Å². The second-order valence-electron chi connectivity index (χ2n) is 6.18. The summed E-state index contributed by atoms with van der Waals surface area (Å²) in [7, 11) is -1.46. The summed E-state index contributed by atoms with van der Waals surface area (Å²) in [5.74, 6) is 2.61. The van der Waals surface area contributed by atoms with Crippen LogP contribution in [0.1, 0.15) is 0 Å². The quantitative estimate of drug-likeness (QED) is 0.794. The lowest BCUT2D eigenvalue weighted by atomic mass is 10.2. The second-order valence-corrected chi connectivity index (χ2v) is 14.0. The summed E-state index contributed by atoms with van der Waals surface area (Å²) in [5, 5.41) is 1.93. The number of hydrogen-bond acceptors (Lipinski definition) is 1. The summed E-state index contributed by atoms with van der Waals surface area (Å²) in [6.45, 7) is 0. The van der Waals surface area contributed by atoms with E-state index >= 15 is 0 Å². The molecule has 2 heterocycles. The summed E-state index contributed by atoms with van der Waals surface area (Å²) in [6.07, 6.45) is 11.3. The summed E-state index contributed by atoms with van der Waals surface area (Å²) >= 11 is 0. The van der Waals surface area contributed by atoms with Gasteiger partial charge < -0.3 is 4.98 Å². The first-order valence-corrected chi connectivity index (χ1v) is 11.6. The summed E-state index contributed by atoms with van der Waals surface area (Å²) in [6, 6.07) is 6.47. The molecule has 104 valence electrons. The molecule has 0 saturated heterocycles. The van der Waals surface area contributed by atoms with E-state index in [2.05, 4.69) is 42.1 Å². The first kappa shape index (κ1) is 13.1. The Bertz CT molecular complexity index is 716. The maximum absolute atomic E-state index is 12.0. The van der Waals surface area contributed by atoms with Gasteiger partial charge in [-0.3, -0.25) is 4.79 Å². The van der Waals surface area contributed by atoms with Crippen LogP contribution in [0.15, 0.2) is 39.0 Å². The van der Waals surface area contributed by atoms with E-state index in [1.54, 1.807) is 6.20 Å². The van der Waals surface area contributed by atoms with Gasteiger partial charge in [0.15, 0.2) is 0 Å². The highest BCUT2D eigenvalue weighted by Crippen LogP contribution is 2.66. The summed E-state index contributed by atoms with van der Waals surface area (Å²) in [5.41, 5.74) is 0.0360. The van der Waals surface area contributed by atoms with Gasteiger partial charge in [0, 0.05) is 21.4 Å². The van der Waals surface area contributed by atoms with E-state index in [-0.39, 0.29) is 5.56 Å². The highest BCUT2D eigenvalue weighted by atomic mass is 32.3. The Morgan fingerprint density at radius 1 is 1.00 bits per heavy atom. The number of rotatable bonds is 0. The molecular formula is C15H21NOS2. The smallest absolute Gasteiger partial charge is 0.255 e. The maximum Gasteiger partial charge on any atom is 0.255 e. The van der Waals surface area contributed by atoms with Crippen LogP contribution in [0.3, 0.4) is 0 Å². The SMILES string of the molecule is CS1(C)CCS(C)(C)c2cc3c(=O)[nH]ccc3cc21. The highest BCUT2D eigenvalue weighted by Gasteiger charge is 2.32. The number of hydrogen-bond donors (Lipinski definition) is 1. The van der Waals surface area contributed by atoms with E-state index in [9.17, 15) is 4.79 Å². The molecule has 2 nitrogen and oxygen atoms in total. The van der Waals surface area contributed by atoms with E-state index in [4.69, 9.17) is 0 Å². The summed E-state index contributed by atoms with van der Waals surface area (Å²) in [4.78, 5) is 17.8. The molecule has 0 unspecified atom stereocenters. The van der Waals surface area contributed by atoms with Crippen molar-refractivity contribution in [3.63, 3.8) is 0 Å². The van der Waals surface area contributed by atoms with Crippen LogP contribution in [0.2, 0.25) is 0 Å². The molecule has 3 rings (SSSR count). The predicted molar refractivity (Wildman–Crippen MR) is 89.7 cm³/mol. The van der Waals surface area contributed by atoms with Gasteiger partial charge in [0.25, 0.3) is 5.56 Å². The number of aromatic amines is 1. The molecule has 0 aliphatic carbocycles. The van der Waals surface area contributed by atoms with Crippen LogP contribution in [0.25, 0.3) is 10.8 Å². The van der Waals surface area contributed by atoms with Crippen molar-refractivity contribution < 1.29 is 0 Å². The predicted octanol–water partition coefficient (Wildman–Crippen LogP) is 3.39. The zero-order valence-corrected chi connectivity index (χ0v) is 13.6. The first-order valence-electron chi connectivity index (χ1n) is 6.39. The number of pyridine rings is 1. The number of fused-ring (bicyclic) bond motifs is 2. The van der Waals surface area contributed by atoms with Crippen LogP contribution >= 0.6 is 20.1 Å². The van der Waals surface area contributed by atoms with Crippen molar-refractivity contribution in [2.75, 3.05) is 36.5 Å². The molecule has 19 heavy (non-hydrogen) atoms. The van der Waals surface area contributed by atoms with Crippen molar-refractivity contribution in [3.05, 3.63) is 34.7 Å². The average Bonchev–Trinajstić information content (AvgIpc) is 2.35. The van der Waals surface area contributed by atoms with Crippen LogP contribution in [-0.4, -0.2) is 41.5 Å². The maximum atomic E-state index is 12.0. The van der Waals surface area contributed by atoms with Crippen LogP contribution in [-0.2, 0) is 0 Å². The molecule has 1 aromatic carbocycles. The molecule has 1 aliphatic rings. The van der Waals surface area contributed by atoms with E-state index in [1.165, 1.54) is 21.3 Å². The third-order valence-electron chi connectivity index (χ3n) is 4.13. The zero-order chi connectivity index (χ0) is 13.8. The Labute approximate surface area is 117 Å². The molecule has 0 amide bonds. The minimum Gasteiger partial charge on any atom is -0.329 e. The van der Waals surface area contributed by atoms with E-state index in [1.807, 2.05) is 6.07 Å². The number of H-pyrrole nitrogens is 1. The fourth-order valence-corrected chi connectivity index (χ4v) is 9.91. The van der Waals surface area contributed by atoms with Crippen LogP contribution in [0, 0.1) is 0 Å². The third-order valence-corrected chi connectivity index (χ3v) is 10.0. The Morgan fingerprint density at radius 3 is 2.21 bits per heavy atom. The fourth-order valence-electron chi connectivity index (χ4n) is 2.70. The standard InChI is InChI=1S/C15H21NOS2/c1-18(2)7-8-19(3,4)14-10-12-11(9-13(14)18)5-6-16-15(12)17/h5-6,9-10H,7-8H2,1-4H3,(H,16,17). The Hall–Kier alpha value is -0.870. The van der Waals surface area contributed by atoms with Crippen molar-refractivity contribution >= 4 is 30.8 Å². The van der Waals surface area contributed by atoms with Crippen molar-refractivity contribution in [2.24, 2.45) is 0 Å². The molecule has 0 fully saturated rings. The normalized spacial score (nSPS) is 23.6. The van der Waals surface area contributed by atoms with Gasteiger partial charge in [-0.2, -0.15) is 0 Å². The number of aromatic nitrogens is 1. The first-order chi connectivity index (χ1) is 8.81. The van der Waals surface area contributed by atoms with E-state index in [0.717, 1.165) is 10.8 Å². The molecular weight excluding hydrogens is 274 g/mol. The van der Waals surface area contributed by atoms with Crippen LogP contribution in [0.4, 0.5) is 0 Å². The van der Waals surface area contributed by atoms with Crippen LogP contribution < -0.4 is 5.56 Å². The van der Waals surface area contributed by atoms with Gasteiger partial charge in [0.1, 0.15) is 0 Å². The molecule has 0 atom stereocenters. The molecule has 2 aromatic rings. The molecule has 0 spiro atoms. The number of nitrogens with one attached hydrogen (secondary N) is 1. The zero-order valence-electron chi connectivity index (χ0n) is 11.9. The lowest BCUT2D eigenvalue weighted by Crippen LogP contribution is -2.20. The van der Waals surface area contributed by atoms with Gasteiger partial charge in [0.05, 0.1) is 0 Å². The van der Waals surface area contributed by atoms with Crippen molar-refractivity contribution in [3.8, 4) is 0 Å². The van der Waals surface area contributed by atoms with Crippen molar-refractivity contribution in [1.82, 2.24) is 4.98 Å². The molecule has 1 N–H and O–H groups in total. The number of benzene rings is 1. The topological polar surface area (TPSA) is 32.9 Å². The summed E-state index contributed by atoms with van der Waals surface area (Å²) < 4.78 is 0. The van der Waals surface area contributed by atoms with Gasteiger partial charge in [-0.05, 0) is 60.1 Å². The molecule has 0 saturated carbocycles. The Morgan fingerprint density at radius 2 is 1.58 bits per heavy atom. The molecule has 1 aromatic heterocycles. The third kappa shape index (κ3) is 2.01. The van der Waals surface area contributed by atoms with Crippen LogP contribution in [0.5, 0.6) is 0 Å². The minimum atomic E-state index is -0.753.